The van der Waals surface area contributed by atoms with Crippen LogP contribution in [0.3, 0.4) is 0 Å². The lowest BCUT2D eigenvalue weighted by Gasteiger charge is -2.03. The Morgan fingerprint density at radius 2 is 2.27 bits per heavy atom. The highest BCUT2D eigenvalue weighted by molar-refractivity contribution is 7.98. The third-order valence-electron chi connectivity index (χ3n) is 2.12. The van der Waals surface area contributed by atoms with Crippen molar-refractivity contribution in [1.29, 1.82) is 0 Å². The number of aromatic nitrogens is 4. The summed E-state index contributed by atoms with van der Waals surface area (Å²) in [5.74, 6) is 1.06. The summed E-state index contributed by atoms with van der Waals surface area (Å²) < 4.78 is 1.62. The predicted octanol–water partition coefficient (Wildman–Crippen LogP) is 1.26. The molecule has 0 saturated heterocycles. The second kappa shape index (κ2) is 3.69. The number of hydrogen-bond acceptors (Lipinski definition) is 4. The second-order valence-corrected chi connectivity index (χ2v) is 4.33. The van der Waals surface area contributed by atoms with E-state index in [1.807, 2.05) is 20.1 Å². The quantitative estimate of drug-likeness (QED) is 0.780. The highest BCUT2D eigenvalue weighted by Crippen LogP contribution is 2.13. The maximum atomic E-state index is 11.6. The van der Waals surface area contributed by atoms with Gasteiger partial charge < -0.3 is 0 Å². The fourth-order valence-electron chi connectivity index (χ4n) is 1.38. The van der Waals surface area contributed by atoms with Gasteiger partial charge in [-0.2, -0.15) is 0 Å². The van der Waals surface area contributed by atoms with Gasteiger partial charge in [-0.05, 0) is 6.26 Å². The van der Waals surface area contributed by atoms with E-state index in [0.717, 1.165) is 5.82 Å². The van der Waals surface area contributed by atoms with Gasteiger partial charge in [0.15, 0.2) is 10.7 Å². The van der Waals surface area contributed by atoms with E-state index in [2.05, 4.69) is 15.1 Å². The molecule has 0 spiro atoms. The van der Waals surface area contributed by atoms with Crippen molar-refractivity contribution in [3.05, 3.63) is 22.4 Å². The third-order valence-corrected chi connectivity index (χ3v) is 2.69. The van der Waals surface area contributed by atoms with Crippen LogP contribution in [-0.4, -0.2) is 25.8 Å². The number of fused-ring (bicyclic) bond motifs is 1. The van der Waals surface area contributed by atoms with Crippen molar-refractivity contribution in [2.75, 3.05) is 6.26 Å². The lowest BCUT2D eigenvalue weighted by atomic mass is 10.2. The monoisotopic (exact) mass is 224 g/mol. The van der Waals surface area contributed by atoms with E-state index < -0.39 is 0 Å². The molecule has 0 aromatic carbocycles. The first-order valence-electron chi connectivity index (χ1n) is 4.65. The largest absolute Gasteiger partial charge is 0.298 e. The summed E-state index contributed by atoms with van der Waals surface area (Å²) in [6.07, 6.45) is 3.43. The summed E-state index contributed by atoms with van der Waals surface area (Å²) >= 11 is 1.41. The first kappa shape index (κ1) is 10.2. The highest BCUT2D eigenvalue weighted by atomic mass is 32.2. The molecule has 15 heavy (non-hydrogen) atoms. The maximum Gasteiger partial charge on any atom is 0.277 e. The number of H-pyrrole nitrogens is 1. The molecule has 0 aliphatic carbocycles. The summed E-state index contributed by atoms with van der Waals surface area (Å²) in [6, 6.07) is 0. The number of nitrogens with one attached hydrogen (secondary N) is 1. The van der Waals surface area contributed by atoms with E-state index in [-0.39, 0.29) is 11.5 Å². The fraction of sp³-hybridized carbons (Fsp3) is 0.444. The normalized spacial score (nSPS) is 11.5. The number of rotatable bonds is 2. The Bertz CT molecular complexity index is 543. The lowest BCUT2D eigenvalue weighted by molar-refractivity contribution is 0.685. The van der Waals surface area contributed by atoms with E-state index in [9.17, 15) is 4.79 Å². The van der Waals surface area contributed by atoms with Crippen LogP contribution >= 0.6 is 11.8 Å². The van der Waals surface area contributed by atoms with Gasteiger partial charge in [-0.25, -0.2) is 9.50 Å². The molecule has 0 atom stereocenters. The molecule has 1 N–H and O–H groups in total. The fourth-order valence-corrected chi connectivity index (χ4v) is 1.74. The Kier molecular flexibility index (Phi) is 2.52. The van der Waals surface area contributed by atoms with Gasteiger partial charge in [0.1, 0.15) is 5.82 Å². The molecule has 0 aliphatic heterocycles. The zero-order valence-corrected chi connectivity index (χ0v) is 9.63. The Labute approximate surface area is 90.9 Å². The molecule has 2 aromatic rings. The van der Waals surface area contributed by atoms with Crippen molar-refractivity contribution in [3.8, 4) is 0 Å². The van der Waals surface area contributed by atoms with Crippen LogP contribution in [0.1, 0.15) is 25.6 Å². The predicted molar refractivity (Wildman–Crippen MR) is 59.5 cm³/mol. The molecule has 5 nitrogen and oxygen atoms in total. The second-order valence-electron chi connectivity index (χ2n) is 3.53. The Morgan fingerprint density at radius 3 is 2.87 bits per heavy atom. The van der Waals surface area contributed by atoms with Crippen LogP contribution in [0.25, 0.3) is 5.52 Å². The molecule has 0 bridgehead atoms. The minimum Gasteiger partial charge on any atom is -0.298 e. The van der Waals surface area contributed by atoms with Gasteiger partial charge in [0.05, 0.1) is 6.20 Å². The molecule has 2 rings (SSSR count). The van der Waals surface area contributed by atoms with Gasteiger partial charge in [0.2, 0.25) is 0 Å². The molecule has 0 amide bonds. The summed E-state index contributed by atoms with van der Waals surface area (Å²) in [5, 5.41) is 4.90. The Balaban J connectivity index is 2.78. The first-order chi connectivity index (χ1) is 7.13. The van der Waals surface area contributed by atoms with Crippen LogP contribution < -0.4 is 5.56 Å². The average molecular weight is 224 g/mol. The van der Waals surface area contributed by atoms with Crippen molar-refractivity contribution < 1.29 is 0 Å². The number of hydrogen-bond donors (Lipinski definition) is 1. The van der Waals surface area contributed by atoms with Crippen LogP contribution in [0.2, 0.25) is 0 Å². The molecule has 0 radical (unpaired) electrons. The molecule has 0 saturated carbocycles. The SMILES string of the molecule is CSc1nn2c(C(C)C)ncc2c(=O)[nH]1. The molecule has 2 aromatic heterocycles. The zero-order valence-electron chi connectivity index (χ0n) is 8.81. The summed E-state index contributed by atoms with van der Waals surface area (Å²) in [4.78, 5) is 18.5. The van der Waals surface area contributed by atoms with Gasteiger partial charge in [0.25, 0.3) is 5.56 Å². The maximum absolute atomic E-state index is 11.6. The third kappa shape index (κ3) is 1.65. The van der Waals surface area contributed by atoms with E-state index >= 15 is 0 Å². The molecule has 2 heterocycles. The van der Waals surface area contributed by atoms with Crippen LogP contribution in [0.15, 0.2) is 16.1 Å². The van der Waals surface area contributed by atoms with E-state index in [0.29, 0.717) is 10.7 Å². The molecular formula is C9H12N4OS. The summed E-state index contributed by atoms with van der Waals surface area (Å²) in [6.45, 7) is 4.05. The van der Waals surface area contributed by atoms with E-state index in [4.69, 9.17) is 0 Å². The van der Waals surface area contributed by atoms with Crippen LogP contribution in [0.4, 0.5) is 0 Å². The first-order valence-corrected chi connectivity index (χ1v) is 5.88. The minimum atomic E-state index is -0.145. The number of imidazole rings is 1. The zero-order chi connectivity index (χ0) is 11.0. The number of thioether (sulfide) groups is 1. The molecular weight excluding hydrogens is 212 g/mol. The minimum absolute atomic E-state index is 0.145. The van der Waals surface area contributed by atoms with Gasteiger partial charge in [0, 0.05) is 5.92 Å². The number of nitrogens with zero attached hydrogens (tertiary/aromatic N) is 3. The van der Waals surface area contributed by atoms with Crippen LogP contribution in [0, 0.1) is 0 Å². The van der Waals surface area contributed by atoms with Crippen LogP contribution in [-0.2, 0) is 0 Å². The molecule has 80 valence electrons. The lowest BCUT2D eigenvalue weighted by Crippen LogP contribution is -2.14. The standard InChI is InChI=1S/C9H12N4OS/c1-5(2)7-10-4-6-8(14)11-9(15-3)12-13(6)7/h4-5H,1-3H3,(H,11,12,14). The molecule has 0 aliphatic rings. The van der Waals surface area contributed by atoms with Crippen molar-refractivity contribution in [3.63, 3.8) is 0 Å². The smallest absolute Gasteiger partial charge is 0.277 e. The van der Waals surface area contributed by atoms with E-state index in [1.54, 1.807) is 10.7 Å². The topological polar surface area (TPSA) is 63.1 Å². The Morgan fingerprint density at radius 1 is 1.53 bits per heavy atom. The van der Waals surface area contributed by atoms with E-state index in [1.165, 1.54) is 11.8 Å². The van der Waals surface area contributed by atoms with Crippen molar-refractivity contribution in [1.82, 2.24) is 19.6 Å². The van der Waals surface area contributed by atoms with Gasteiger partial charge in [-0.3, -0.25) is 9.78 Å². The van der Waals surface area contributed by atoms with Gasteiger partial charge in [-0.1, -0.05) is 25.6 Å². The summed E-state index contributed by atoms with van der Waals surface area (Å²) in [5.41, 5.74) is 0.352. The average Bonchev–Trinajstić information content (AvgIpc) is 2.61. The summed E-state index contributed by atoms with van der Waals surface area (Å²) in [7, 11) is 0. The van der Waals surface area contributed by atoms with Gasteiger partial charge in [-0.15, -0.1) is 5.10 Å². The number of aromatic amines is 1. The highest BCUT2D eigenvalue weighted by Gasteiger charge is 2.11. The van der Waals surface area contributed by atoms with Crippen molar-refractivity contribution in [2.45, 2.75) is 24.9 Å². The van der Waals surface area contributed by atoms with Crippen LogP contribution in [0.5, 0.6) is 0 Å². The Hall–Kier alpha value is -1.30. The molecule has 0 fully saturated rings. The molecule has 0 unspecified atom stereocenters. The van der Waals surface area contributed by atoms with Crippen molar-refractivity contribution >= 4 is 17.3 Å². The molecule has 6 heteroatoms. The van der Waals surface area contributed by atoms with Crippen molar-refractivity contribution in [2.24, 2.45) is 0 Å². The van der Waals surface area contributed by atoms with Gasteiger partial charge >= 0.3 is 0 Å².